The quantitative estimate of drug-likeness (QED) is 0.853. The maximum atomic E-state index is 12.4. The Labute approximate surface area is 147 Å². The number of nitrogens with zero attached hydrogens (tertiary/aromatic N) is 4. The summed E-state index contributed by atoms with van der Waals surface area (Å²) in [7, 11) is 0. The minimum absolute atomic E-state index is 0.0250. The molecule has 1 aromatic heterocycles. The second-order valence-electron chi connectivity index (χ2n) is 6.74. The van der Waals surface area contributed by atoms with Crippen LogP contribution >= 0.6 is 0 Å². The lowest BCUT2D eigenvalue weighted by Gasteiger charge is -2.36. The first-order valence-electron chi connectivity index (χ1n) is 8.62. The van der Waals surface area contributed by atoms with E-state index < -0.39 is 0 Å². The first kappa shape index (κ1) is 16.0. The molecular weight excluding hydrogens is 316 g/mol. The van der Waals surface area contributed by atoms with E-state index >= 15 is 0 Å². The Morgan fingerprint density at radius 2 is 1.96 bits per heavy atom. The van der Waals surface area contributed by atoms with Gasteiger partial charge in [-0.3, -0.25) is 4.79 Å². The summed E-state index contributed by atoms with van der Waals surface area (Å²) in [4.78, 5) is 25.5. The lowest BCUT2D eigenvalue weighted by atomic mass is 10.1. The molecule has 2 aliphatic heterocycles. The molecule has 0 spiro atoms. The van der Waals surface area contributed by atoms with Crippen molar-refractivity contribution < 1.29 is 9.53 Å². The Balaban J connectivity index is 1.56. The molecule has 1 aromatic carbocycles. The van der Waals surface area contributed by atoms with Gasteiger partial charge < -0.3 is 14.5 Å². The third kappa shape index (κ3) is 3.22. The minimum Gasteiger partial charge on any atom is -0.364 e. The molecule has 6 nitrogen and oxygen atoms in total. The van der Waals surface area contributed by atoms with Gasteiger partial charge in [-0.15, -0.1) is 0 Å². The lowest BCUT2D eigenvalue weighted by Crippen LogP contribution is -2.53. The fourth-order valence-electron chi connectivity index (χ4n) is 3.70. The number of anilines is 1. The van der Waals surface area contributed by atoms with Crippen LogP contribution in [0.25, 0.3) is 0 Å². The van der Waals surface area contributed by atoms with Gasteiger partial charge in [-0.25, -0.2) is 9.97 Å². The number of aromatic nitrogens is 2. The number of aryl methyl sites for hydroxylation is 2. The smallest absolute Gasteiger partial charge is 0.249 e. The first-order chi connectivity index (χ1) is 12.1. The molecule has 2 atom stereocenters. The highest BCUT2D eigenvalue weighted by molar-refractivity contribution is 5.79. The van der Waals surface area contributed by atoms with Gasteiger partial charge in [-0.1, -0.05) is 30.3 Å². The van der Waals surface area contributed by atoms with E-state index in [2.05, 4.69) is 27.0 Å². The highest BCUT2D eigenvalue weighted by Gasteiger charge is 2.43. The number of benzene rings is 1. The van der Waals surface area contributed by atoms with Crippen molar-refractivity contribution in [2.75, 3.05) is 24.6 Å². The molecule has 3 heterocycles. The Bertz CT molecular complexity index is 760. The number of carbonyl (C=O) groups excluding carboxylic acids is 1. The number of carbonyl (C=O) groups is 1. The molecule has 25 heavy (non-hydrogen) atoms. The van der Waals surface area contributed by atoms with Crippen LogP contribution in [0, 0.1) is 13.8 Å². The van der Waals surface area contributed by atoms with E-state index in [9.17, 15) is 4.79 Å². The number of fused-ring (bicyclic) bond motifs is 1. The van der Waals surface area contributed by atoms with Crippen molar-refractivity contribution in [2.24, 2.45) is 0 Å². The molecule has 2 fully saturated rings. The van der Waals surface area contributed by atoms with Crippen LogP contribution in [0.4, 0.5) is 5.82 Å². The Morgan fingerprint density at radius 1 is 1.16 bits per heavy atom. The maximum absolute atomic E-state index is 12.4. The van der Waals surface area contributed by atoms with Crippen LogP contribution in [0.3, 0.4) is 0 Å². The largest absolute Gasteiger partial charge is 0.364 e. The summed E-state index contributed by atoms with van der Waals surface area (Å²) in [5.41, 5.74) is 2.10. The summed E-state index contributed by atoms with van der Waals surface area (Å²) in [6, 6.07) is 12.2. The number of hydrogen-bond acceptors (Lipinski definition) is 5. The van der Waals surface area contributed by atoms with Gasteiger partial charge in [0, 0.05) is 31.4 Å². The second-order valence-corrected chi connectivity index (χ2v) is 6.74. The van der Waals surface area contributed by atoms with Crippen LogP contribution in [-0.2, 0) is 16.1 Å². The van der Waals surface area contributed by atoms with Gasteiger partial charge in [0.1, 0.15) is 18.2 Å². The van der Waals surface area contributed by atoms with E-state index in [0.29, 0.717) is 6.54 Å². The molecule has 2 aliphatic rings. The number of morpholine rings is 1. The van der Waals surface area contributed by atoms with Gasteiger partial charge in [0.2, 0.25) is 5.91 Å². The number of ether oxygens (including phenoxy) is 1. The second kappa shape index (κ2) is 6.44. The normalized spacial score (nSPS) is 23.0. The summed E-state index contributed by atoms with van der Waals surface area (Å²) in [5, 5.41) is 0. The summed E-state index contributed by atoms with van der Waals surface area (Å²) in [5.74, 6) is 1.74. The average molecular weight is 338 g/mol. The topological polar surface area (TPSA) is 58.6 Å². The lowest BCUT2D eigenvalue weighted by molar-refractivity contribution is -0.153. The molecule has 4 rings (SSSR count). The van der Waals surface area contributed by atoms with E-state index in [0.717, 1.165) is 36.0 Å². The molecule has 1 amide bonds. The van der Waals surface area contributed by atoms with Crippen molar-refractivity contribution >= 4 is 11.7 Å². The van der Waals surface area contributed by atoms with Crippen molar-refractivity contribution in [1.82, 2.24) is 14.9 Å². The molecular formula is C19H22N4O2. The van der Waals surface area contributed by atoms with E-state index in [1.807, 2.05) is 43.0 Å². The highest BCUT2D eigenvalue weighted by Crippen LogP contribution is 2.28. The Kier molecular flexibility index (Phi) is 4.13. The molecule has 6 heteroatoms. The molecule has 2 saturated heterocycles. The maximum Gasteiger partial charge on any atom is 0.249 e. The van der Waals surface area contributed by atoms with E-state index in [1.165, 1.54) is 0 Å². The average Bonchev–Trinajstić information content (AvgIpc) is 3.02. The van der Waals surface area contributed by atoms with Crippen LogP contribution in [0.5, 0.6) is 0 Å². The Hall–Kier alpha value is -2.47. The van der Waals surface area contributed by atoms with Crippen LogP contribution in [0.2, 0.25) is 0 Å². The predicted octanol–water partition coefficient (Wildman–Crippen LogP) is 1.71. The highest BCUT2D eigenvalue weighted by atomic mass is 16.5. The summed E-state index contributed by atoms with van der Waals surface area (Å²) in [6.45, 7) is 6.15. The third-order valence-electron chi connectivity index (χ3n) is 4.85. The van der Waals surface area contributed by atoms with Crippen molar-refractivity contribution in [3.63, 3.8) is 0 Å². The summed E-state index contributed by atoms with van der Waals surface area (Å²) in [6.07, 6.45) is 0.0250. The van der Waals surface area contributed by atoms with Crippen molar-refractivity contribution in [1.29, 1.82) is 0 Å². The minimum atomic E-state index is 0.0250. The fraction of sp³-hybridized carbons (Fsp3) is 0.421. The summed E-state index contributed by atoms with van der Waals surface area (Å²) < 4.78 is 5.82. The first-order valence-corrected chi connectivity index (χ1v) is 8.62. The van der Waals surface area contributed by atoms with Crippen LogP contribution in [-0.4, -0.2) is 52.6 Å². The fourth-order valence-corrected chi connectivity index (χ4v) is 3.70. The number of rotatable bonds is 3. The van der Waals surface area contributed by atoms with Crippen LogP contribution in [0.1, 0.15) is 17.1 Å². The van der Waals surface area contributed by atoms with Gasteiger partial charge in [0.25, 0.3) is 0 Å². The van der Waals surface area contributed by atoms with E-state index in [1.54, 1.807) is 0 Å². The number of amides is 1. The zero-order valence-electron chi connectivity index (χ0n) is 14.6. The zero-order valence-corrected chi connectivity index (χ0v) is 14.6. The molecule has 0 unspecified atom stereocenters. The van der Waals surface area contributed by atoms with Gasteiger partial charge in [-0.2, -0.15) is 0 Å². The zero-order chi connectivity index (χ0) is 17.4. The molecule has 130 valence electrons. The monoisotopic (exact) mass is 338 g/mol. The van der Waals surface area contributed by atoms with Crippen LogP contribution < -0.4 is 4.90 Å². The van der Waals surface area contributed by atoms with Crippen molar-refractivity contribution in [3.8, 4) is 0 Å². The van der Waals surface area contributed by atoms with Crippen molar-refractivity contribution in [3.05, 3.63) is 53.5 Å². The SMILES string of the molecule is Cc1cc(N2C[C@@H]3[C@@H](C2)OCC(=O)N3Cc2ccccc2)nc(C)n1. The molecule has 0 bridgehead atoms. The molecule has 2 aromatic rings. The van der Waals surface area contributed by atoms with E-state index in [-0.39, 0.29) is 24.7 Å². The predicted molar refractivity (Wildman–Crippen MR) is 94.2 cm³/mol. The Morgan fingerprint density at radius 3 is 2.72 bits per heavy atom. The molecule has 0 N–H and O–H groups in total. The number of hydrogen-bond donors (Lipinski definition) is 0. The van der Waals surface area contributed by atoms with E-state index in [4.69, 9.17) is 4.74 Å². The molecule has 0 radical (unpaired) electrons. The van der Waals surface area contributed by atoms with Gasteiger partial charge in [-0.05, 0) is 19.4 Å². The summed E-state index contributed by atoms with van der Waals surface area (Å²) >= 11 is 0. The van der Waals surface area contributed by atoms with Crippen molar-refractivity contribution in [2.45, 2.75) is 32.5 Å². The van der Waals surface area contributed by atoms with Crippen LogP contribution in [0.15, 0.2) is 36.4 Å². The van der Waals surface area contributed by atoms with Gasteiger partial charge in [0.15, 0.2) is 0 Å². The van der Waals surface area contributed by atoms with Gasteiger partial charge >= 0.3 is 0 Å². The van der Waals surface area contributed by atoms with Gasteiger partial charge in [0.05, 0.1) is 12.1 Å². The molecule has 0 aliphatic carbocycles. The molecule has 0 saturated carbocycles. The third-order valence-corrected chi connectivity index (χ3v) is 4.85. The standard InChI is InChI=1S/C19H22N4O2/c1-13-8-18(21-14(2)20-13)22-10-16-17(11-22)25-12-19(24)23(16)9-15-6-4-3-5-7-15/h3-8,16-17H,9-12H2,1-2H3/t16-,17-/m1/s1.